The van der Waals surface area contributed by atoms with Crippen LogP contribution >= 0.6 is 0 Å². The number of rotatable bonds is 11. The summed E-state index contributed by atoms with van der Waals surface area (Å²) in [5.74, 6) is -1.14. The Kier molecular flexibility index (Phi) is 10.1. The Morgan fingerprint density at radius 1 is 0.976 bits per heavy atom. The van der Waals surface area contributed by atoms with Gasteiger partial charge in [0.05, 0.1) is 17.2 Å². The van der Waals surface area contributed by atoms with Crippen LogP contribution in [-0.4, -0.2) is 49.9 Å². The number of anilines is 1. The highest BCUT2D eigenvalue weighted by molar-refractivity contribution is 7.92. The number of hydrogen-bond donors (Lipinski definition) is 1. The quantitative estimate of drug-likeness (QED) is 0.341. The molecule has 0 heterocycles. The van der Waals surface area contributed by atoms with E-state index in [0.29, 0.717) is 12.4 Å². The number of amides is 2. The van der Waals surface area contributed by atoms with Crippen molar-refractivity contribution in [2.45, 2.75) is 64.6 Å². The van der Waals surface area contributed by atoms with Crippen molar-refractivity contribution in [2.24, 2.45) is 0 Å². The summed E-state index contributed by atoms with van der Waals surface area (Å²) in [5.41, 5.74) is 0.804. The van der Waals surface area contributed by atoms with E-state index < -0.39 is 45.8 Å². The lowest BCUT2D eigenvalue weighted by Crippen LogP contribution is -2.54. The molecular weight excluding hydrogens is 545 g/mol. The standard InChI is InChI=1S/C31H38FN3O5S/c1-7-40-26-16-18-27(19-17-26)41(38,39)35(25-14-12-22(2)13-15-25)21-29(36)34(20-24-10-8-9-11-28(24)32)23(3)30(37)33-31(4,5)6/h8-19,23H,7,20-21H2,1-6H3,(H,33,37). The average Bonchev–Trinajstić information content (AvgIpc) is 2.91. The molecule has 0 aliphatic heterocycles. The first-order chi connectivity index (χ1) is 19.2. The second kappa shape index (κ2) is 13.2. The third-order valence-electron chi connectivity index (χ3n) is 6.29. The maximum Gasteiger partial charge on any atom is 0.264 e. The van der Waals surface area contributed by atoms with E-state index >= 15 is 0 Å². The van der Waals surface area contributed by atoms with Crippen LogP contribution in [0.25, 0.3) is 0 Å². The number of hydrogen-bond acceptors (Lipinski definition) is 5. The van der Waals surface area contributed by atoms with Crippen LogP contribution in [0.3, 0.4) is 0 Å². The normalized spacial score (nSPS) is 12.4. The molecule has 1 unspecified atom stereocenters. The van der Waals surface area contributed by atoms with Crippen LogP contribution in [0, 0.1) is 12.7 Å². The third kappa shape index (κ3) is 8.29. The lowest BCUT2D eigenvalue weighted by Gasteiger charge is -2.33. The molecule has 0 bridgehead atoms. The zero-order valence-corrected chi connectivity index (χ0v) is 25.2. The van der Waals surface area contributed by atoms with Crippen molar-refractivity contribution < 1.29 is 27.1 Å². The number of nitrogens with one attached hydrogen (secondary N) is 1. The molecule has 0 spiro atoms. The fourth-order valence-corrected chi connectivity index (χ4v) is 5.52. The van der Waals surface area contributed by atoms with Gasteiger partial charge in [0.1, 0.15) is 24.2 Å². The smallest absolute Gasteiger partial charge is 0.264 e. The Hall–Kier alpha value is -3.92. The van der Waals surface area contributed by atoms with Crippen molar-refractivity contribution in [3.63, 3.8) is 0 Å². The van der Waals surface area contributed by atoms with Gasteiger partial charge in [-0.25, -0.2) is 12.8 Å². The second-order valence-electron chi connectivity index (χ2n) is 10.8. The van der Waals surface area contributed by atoms with Gasteiger partial charge in [0.15, 0.2) is 0 Å². The van der Waals surface area contributed by atoms with Gasteiger partial charge in [-0.3, -0.25) is 13.9 Å². The minimum Gasteiger partial charge on any atom is -0.494 e. The predicted molar refractivity (Wildman–Crippen MR) is 158 cm³/mol. The highest BCUT2D eigenvalue weighted by Gasteiger charge is 2.33. The Bertz CT molecular complexity index is 1450. The summed E-state index contributed by atoms with van der Waals surface area (Å²) in [6.07, 6.45) is 0. The summed E-state index contributed by atoms with van der Waals surface area (Å²) in [4.78, 5) is 28.2. The van der Waals surface area contributed by atoms with Crippen LogP contribution in [0.2, 0.25) is 0 Å². The molecule has 3 rings (SSSR count). The number of carbonyl (C=O) groups is 2. The molecule has 2 amide bonds. The Balaban J connectivity index is 2.04. The first kappa shape index (κ1) is 31.6. The predicted octanol–water partition coefficient (Wildman–Crippen LogP) is 5.06. The van der Waals surface area contributed by atoms with Gasteiger partial charge in [-0.1, -0.05) is 35.9 Å². The minimum atomic E-state index is -4.23. The molecule has 0 fully saturated rings. The van der Waals surface area contributed by atoms with Crippen molar-refractivity contribution in [1.82, 2.24) is 10.2 Å². The fraction of sp³-hybridized carbons (Fsp3) is 0.355. The number of ether oxygens (including phenoxy) is 1. The first-order valence-electron chi connectivity index (χ1n) is 13.4. The molecule has 0 saturated carbocycles. The molecule has 1 N–H and O–H groups in total. The zero-order chi connectivity index (χ0) is 30.4. The van der Waals surface area contributed by atoms with Gasteiger partial charge in [0.2, 0.25) is 11.8 Å². The number of aryl methyl sites for hydroxylation is 1. The topological polar surface area (TPSA) is 96.0 Å². The van der Waals surface area contributed by atoms with Crippen molar-refractivity contribution in [1.29, 1.82) is 0 Å². The van der Waals surface area contributed by atoms with Gasteiger partial charge in [-0.2, -0.15) is 0 Å². The molecule has 0 radical (unpaired) electrons. The number of carbonyl (C=O) groups excluding carboxylic acids is 2. The molecule has 1 atom stereocenters. The molecule has 3 aromatic rings. The van der Waals surface area contributed by atoms with Gasteiger partial charge in [-0.05, 0) is 84.0 Å². The van der Waals surface area contributed by atoms with Crippen LogP contribution < -0.4 is 14.4 Å². The zero-order valence-electron chi connectivity index (χ0n) is 24.3. The van der Waals surface area contributed by atoms with Crippen LogP contribution in [0.1, 0.15) is 45.7 Å². The van der Waals surface area contributed by atoms with Gasteiger partial charge < -0.3 is 15.0 Å². The molecule has 8 nitrogen and oxygen atoms in total. The summed E-state index contributed by atoms with van der Waals surface area (Å²) >= 11 is 0. The van der Waals surface area contributed by atoms with Crippen LogP contribution in [0.5, 0.6) is 5.75 Å². The lowest BCUT2D eigenvalue weighted by molar-refractivity contribution is -0.140. The van der Waals surface area contributed by atoms with Gasteiger partial charge in [0.25, 0.3) is 10.0 Å². The van der Waals surface area contributed by atoms with E-state index in [1.807, 2.05) is 34.6 Å². The minimum absolute atomic E-state index is 0.0338. The van der Waals surface area contributed by atoms with Crippen molar-refractivity contribution in [3.8, 4) is 5.75 Å². The van der Waals surface area contributed by atoms with E-state index in [2.05, 4.69) is 5.32 Å². The largest absolute Gasteiger partial charge is 0.494 e. The van der Waals surface area contributed by atoms with E-state index in [0.717, 1.165) is 9.87 Å². The molecule has 0 aliphatic rings. The molecular formula is C31H38FN3O5S. The van der Waals surface area contributed by atoms with E-state index in [9.17, 15) is 22.4 Å². The SMILES string of the molecule is CCOc1ccc(S(=O)(=O)N(CC(=O)N(Cc2ccccc2F)C(C)C(=O)NC(C)(C)C)c2ccc(C)cc2)cc1. The van der Waals surface area contributed by atoms with Gasteiger partial charge in [-0.15, -0.1) is 0 Å². The van der Waals surface area contributed by atoms with Crippen LogP contribution in [0.15, 0.2) is 77.7 Å². The van der Waals surface area contributed by atoms with E-state index in [1.54, 1.807) is 42.5 Å². The monoisotopic (exact) mass is 583 g/mol. The Labute approximate surface area is 242 Å². The summed E-state index contributed by atoms with van der Waals surface area (Å²) in [6, 6.07) is 17.6. The molecule has 0 saturated heterocycles. The summed E-state index contributed by atoms with van der Waals surface area (Å²) in [5, 5.41) is 2.85. The molecule has 0 aromatic heterocycles. The highest BCUT2D eigenvalue weighted by Crippen LogP contribution is 2.26. The maximum atomic E-state index is 14.7. The van der Waals surface area contributed by atoms with Crippen LogP contribution in [0.4, 0.5) is 10.1 Å². The molecule has 3 aromatic carbocycles. The summed E-state index contributed by atoms with van der Waals surface area (Å²) in [6.45, 7) is 10.2. The van der Waals surface area contributed by atoms with Crippen molar-refractivity contribution in [3.05, 3.63) is 89.7 Å². The van der Waals surface area contributed by atoms with Gasteiger partial charge >= 0.3 is 0 Å². The summed E-state index contributed by atoms with van der Waals surface area (Å²) < 4.78 is 49.0. The number of benzene rings is 3. The number of sulfonamides is 1. The number of halogens is 1. The Morgan fingerprint density at radius 2 is 1.59 bits per heavy atom. The number of nitrogens with zero attached hydrogens (tertiary/aromatic N) is 2. The average molecular weight is 584 g/mol. The molecule has 10 heteroatoms. The third-order valence-corrected chi connectivity index (χ3v) is 8.08. The lowest BCUT2D eigenvalue weighted by atomic mass is 10.1. The highest BCUT2D eigenvalue weighted by atomic mass is 32.2. The van der Waals surface area contributed by atoms with E-state index in [-0.39, 0.29) is 22.7 Å². The van der Waals surface area contributed by atoms with Crippen molar-refractivity contribution in [2.75, 3.05) is 17.5 Å². The first-order valence-corrected chi connectivity index (χ1v) is 14.8. The van der Waals surface area contributed by atoms with Crippen molar-refractivity contribution >= 4 is 27.5 Å². The maximum absolute atomic E-state index is 14.7. The molecule has 220 valence electrons. The van der Waals surface area contributed by atoms with E-state index in [4.69, 9.17) is 4.74 Å². The fourth-order valence-electron chi connectivity index (χ4n) is 4.11. The molecule has 41 heavy (non-hydrogen) atoms. The summed E-state index contributed by atoms with van der Waals surface area (Å²) in [7, 11) is -4.23. The van der Waals surface area contributed by atoms with Gasteiger partial charge in [0, 0.05) is 17.6 Å². The van der Waals surface area contributed by atoms with Crippen LogP contribution in [-0.2, 0) is 26.2 Å². The Morgan fingerprint density at radius 3 is 2.15 bits per heavy atom. The van der Waals surface area contributed by atoms with E-state index in [1.165, 1.54) is 42.2 Å². The second-order valence-corrected chi connectivity index (χ2v) is 12.6. The molecule has 0 aliphatic carbocycles.